The van der Waals surface area contributed by atoms with Crippen molar-refractivity contribution in [1.29, 1.82) is 0 Å². The van der Waals surface area contributed by atoms with E-state index in [0.29, 0.717) is 11.3 Å². The van der Waals surface area contributed by atoms with Crippen molar-refractivity contribution in [3.63, 3.8) is 0 Å². The number of para-hydroxylation sites is 1. The van der Waals surface area contributed by atoms with Gasteiger partial charge in [0.2, 0.25) is 0 Å². The first-order valence-corrected chi connectivity index (χ1v) is 9.59. The predicted octanol–water partition coefficient (Wildman–Crippen LogP) is 4.15. The van der Waals surface area contributed by atoms with Crippen LogP contribution in [-0.2, 0) is 22.9 Å². The second kappa shape index (κ2) is 5.70. The Bertz CT molecular complexity index is 817. The SMILES string of the molecule is CCc1cc(Br)ccc1S(=O)(=O)N1c2ccccc2CC1C. The third kappa shape index (κ3) is 2.46. The number of hydrogen-bond donors (Lipinski definition) is 0. The van der Waals surface area contributed by atoms with E-state index in [-0.39, 0.29) is 6.04 Å². The fraction of sp³-hybridized carbons (Fsp3) is 0.294. The van der Waals surface area contributed by atoms with Gasteiger partial charge in [-0.15, -0.1) is 0 Å². The molecular formula is C17H18BrNO2S. The van der Waals surface area contributed by atoms with Gasteiger partial charge >= 0.3 is 0 Å². The lowest BCUT2D eigenvalue weighted by molar-refractivity contribution is 0.583. The molecule has 0 aliphatic carbocycles. The van der Waals surface area contributed by atoms with Crippen LogP contribution in [0, 0.1) is 0 Å². The largest absolute Gasteiger partial charge is 0.264 e. The van der Waals surface area contributed by atoms with E-state index in [2.05, 4.69) is 15.9 Å². The highest BCUT2D eigenvalue weighted by atomic mass is 79.9. The number of rotatable bonds is 3. The zero-order chi connectivity index (χ0) is 15.9. The smallest absolute Gasteiger partial charge is 0.263 e. The van der Waals surface area contributed by atoms with Gasteiger partial charge in [-0.3, -0.25) is 4.31 Å². The molecule has 0 spiro atoms. The number of nitrogens with zero attached hydrogens (tertiary/aromatic N) is 1. The third-order valence-electron chi connectivity index (χ3n) is 4.08. The van der Waals surface area contributed by atoms with E-state index in [9.17, 15) is 8.42 Å². The van der Waals surface area contributed by atoms with Gasteiger partial charge < -0.3 is 0 Å². The van der Waals surface area contributed by atoms with Crippen molar-refractivity contribution >= 4 is 31.6 Å². The Morgan fingerprint density at radius 2 is 1.95 bits per heavy atom. The van der Waals surface area contributed by atoms with Crippen molar-refractivity contribution < 1.29 is 8.42 Å². The molecule has 116 valence electrons. The summed E-state index contributed by atoms with van der Waals surface area (Å²) in [5.74, 6) is 0. The van der Waals surface area contributed by atoms with Crippen LogP contribution < -0.4 is 4.31 Å². The average Bonchev–Trinajstić information content (AvgIpc) is 2.83. The van der Waals surface area contributed by atoms with Gasteiger partial charge in [0.25, 0.3) is 10.0 Å². The molecule has 1 atom stereocenters. The summed E-state index contributed by atoms with van der Waals surface area (Å²) in [5.41, 5.74) is 2.74. The standard InChI is InChI=1S/C17H18BrNO2S/c1-3-13-11-15(18)8-9-17(13)22(20,21)19-12(2)10-14-6-4-5-7-16(14)19/h4-9,11-12H,3,10H2,1-2H3. The molecule has 0 N–H and O–H groups in total. The van der Waals surface area contributed by atoms with Crippen LogP contribution in [0.4, 0.5) is 5.69 Å². The molecule has 0 saturated carbocycles. The van der Waals surface area contributed by atoms with Gasteiger partial charge in [-0.2, -0.15) is 0 Å². The minimum absolute atomic E-state index is 0.0595. The molecule has 2 aromatic carbocycles. The van der Waals surface area contributed by atoms with Crippen LogP contribution in [0.3, 0.4) is 0 Å². The molecule has 1 aliphatic heterocycles. The fourth-order valence-electron chi connectivity index (χ4n) is 3.09. The van der Waals surface area contributed by atoms with Crippen molar-refractivity contribution in [3.05, 3.63) is 58.1 Å². The molecule has 1 unspecified atom stereocenters. The highest BCUT2D eigenvalue weighted by Gasteiger charge is 2.36. The highest BCUT2D eigenvalue weighted by molar-refractivity contribution is 9.10. The quantitative estimate of drug-likeness (QED) is 0.802. The first-order chi connectivity index (χ1) is 10.4. The zero-order valence-electron chi connectivity index (χ0n) is 12.6. The van der Waals surface area contributed by atoms with Gasteiger partial charge in [-0.05, 0) is 55.2 Å². The first-order valence-electron chi connectivity index (χ1n) is 7.36. The first kappa shape index (κ1) is 15.6. The highest BCUT2D eigenvalue weighted by Crippen LogP contribution is 2.37. The lowest BCUT2D eigenvalue weighted by Gasteiger charge is -2.25. The van der Waals surface area contributed by atoms with E-state index in [1.54, 1.807) is 16.4 Å². The minimum Gasteiger partial charge on any atom is -0.263 e. The number of fused-ring (bicyclic) bond motifs is 1. The topological polar surface area (TPSA) is 37.4 Å². The molecule has 22 heavy (non-hydrogen) atoms. The van der Waals surface area contributed by atoms with Crippen molar-refractivity contribution in [1.82, 2.24) is 0 Å². The number of hydrogen-bond acceptors (Lipinski definition) is 2. The van der Waals surface area contributed by atoms with Crippen LogP contribution in [0.5, 0.6) is 0 Å². The van der Waals surface area contributed by atoms with E-state index in [1.807, 2.05) is 44.2 Å². The number of benzene rings is 2. The molecule has 0 bridgehead atoms. The van der Waals surface area contributed by atoms with Crippen molar-refractivity contribution in [2.24, 2.45) is 0 Å². The van der Waals surface area contributed by atoms with Gasteiger partial charge in [-0.1, -0.05) is 41.1 Å². The van der Waals surface area contributed by atoms with Crippen LogP contribution in [0.1, 0.15) is 25.0 Å². The third-order valence-corrected chi connectivity index (χ3v) is 6.61. The van der Waals surface area contributed by atoms with Gasteiger partial charge in [0.15, 0.2) is 0 Å². The van der Waals surface area contributed by atoms with Gasteiger partial charge in [-0.25, -0.2) is 8.42 Å². The maximum absolute atomic E-state index is 13.2. The minimum atomic E-state index is -3.55. The summed E-state index contributed by atoms with van der Waals surface area (Å²) in [6.45, 7) is 3.93. The summed E-state index contributed by atoms with van der Waals surface area (Å²) < 4.78 is 28.9. The summed E-state index contributed by atoms with van der Waals surface area (Å²) in [6.07, 6.45) is 1.44. The maximum atomic E-state index is 13.2. The van der Waals surface area contributed by atoms with Crippen molar-refractivity contribution in [2.45, 2.75) is 37.6 Å². The van der Waals surface area contributed by atoms with Crippen LogP contribution in [0.25, 0.3) is 0 Å². The summed E-state index contributed by atoms with van der Waals surface area (Å²) in [6, 6.07) is 13.1. The zero-order valence-corrected chi connectivity index (χ0v) is 15.0. The Morgan fingerprint density at radius 3 is 2.68 bits per heavy atom. The molecule has 1 aliphatic rings. The molecule has 1 heterocycles. The Labute approximate surface area is 140 Å². The van der Waals surface area contributed by atoms with Crippen LogP contribution >= 0.6 is 15.9 Å². The summed E-state index contributed by atoms with van der Waals surface area (Å²) >= 11 is 3.42. The monoisotopic (exact) mass is 379 g/mol. The van der Waals surface area contributed by atoms with E-state index < -0.39 is 10.0 Å². The second-order valence-corrected chi connectivity index (χ2v) is 8.29. The normalized spacial score (nSPS) is 17.6. The van der Waals surface area contributed by atoms with Crippen LogP contribution in [-0.4, -0.2) is 14.5 Å². The molecular weight excluding hydrogens is 362 g/mol. The summed E-state index contributed by atoms with van der Waals surface area (Å²) in [4.78, 5) is 0.404. The number of sulfonamides is 1. The van der Waals surface area contributed by atoms with Crippen LogP contribution in [0.15, 0.2) is 51.8 Å². The van der Waals surface area contributed by atoms with E-state index in [1.165, 1.54) is 0 Å². The molecule has 0 amide bonds. The summed E-state index contributed by atoms with van der Waals surface area (Å²) in [5, 5.41) is 0. The molecule has 0 radical (unpaired) electrons. The van der Waals surface area contributed by atoms with E-state index >= 15 is 0 Å². The molecule has 3 nitrogen and oxygen atoms in total. The van der Waals surface area contributed by atoms with Gasteiger partial charge in [0.05, 0.1) is 10.6 Å². The lowest BCUT2D eigenvalue weighted by atomic mass is 10.1. The fourth-order valence-corrected chi connectivity index (χ4v) is 5.47. The van der Waals surface area contributed by atoms with E-state index in [4.69, 9.17) is 0 Å². The molecule has 3 rings (SSSR count). The second-order valence-electron chi connectivity index (χ2n) is 5.59. The van der Waals surface area contributed by atoms with Crippen molar-refractivity contribution in [3.8, 4) is 0 Å². The average molecular weight is 380 g/mol. The van der Waals surface area contributed by atoms with Gasteiger partial charge in [0, 0.05) is 10.5 Å². The Balaban J connectivity index is 2.15. The molecule has 0 fully saturated rings. The molecule has 5 heteroatoms. The number of halogens is 1. The number of anilines is 1. The van der Waals surface area contributed by atoms with E-state index in [0.717, 1.165) is 27.7 Å². The maximum Gasteiger partial charge on any atom is 0.264 e. The Kier molecular flexibility index (Phi) is 4.03. The molecule has 0 aromatic heterocycles. The summed E-state index contributed by atoms with van der Waals surface area (Å²) in [7, 11) is -3.55. The Morgan fingerprint density at radius 1 is 1.23 bits per heavy atom. The molecule has 2 aromatic rings. The van der Waals surface area contributed by atoms with Gasteiger partial charge in [0.1, 0.15) is 0 Å². The predicted molar refractivity (Wildman–Crippen MR) is 92.8 cm³/mol. The number of aryl methyl sites for hydroxylation is 1. The molecule has 0 saturated heterocycles. The lowest BCUT2D eigenvalue weighted by Crippen LogP contribution is -2.36. The van der Waals surface area contributed by atoms with Crippen LogP contribution in [0.2, 0.25) is 0 Å². The Hall–Kier alpha value is -1.33. The van der Waals surface area contributed by atoms with Crippen molar-refractivity contribution in [2.75, 3.05) is 4.31 Å².